The Labute approximate surface area is 161 Å². The summed E-state index contributed by atoms with van der Waals surface area (Å²) in [6, 6.07) is 18.1. The van der Waals surface area contributed by atoms with E-state index in [1.54, 1.807) is 12.1 Å². The molecule has 0 unspecified atom stereocenters. The van der Waals surface area contributed by atoms with Gasteiger partial charge in [-0.1, -0.05) is 61.5 Å². The second kappa shape index (κ2) is 9.47. The van der Waals surface area contributed by atoms with Crippen molar-refractivity contribution in [2.24, 2.45) is 0 Å². The molecular formula is C23H28N2O2. The molecule has 1 amide bonds. The van der Waals surface area contributed by atoms with Gasteiger partial charge in [-0.2, -0.15) is 0 Å². The van der Waals surface area contributed by atoms with Crippen molar-refractivity contribution in [1.82, 2.24) is 10.2 Å². The van der Waals surface area contributed by atoms with Crippen molar-refractivity contribution in [3.63, 3.8) is 0 Å². The highest BCUT2D eigenvalue weighted by molar-refractivity contribution is 5.97. The van der Waals surface area contributed by atoms with Crippen LogP contribution in [0.25, 0.3) is 0 Å². The third-order valence-corrected chi connectivity index (χ3v) is 5.36. The maximum Gasteiger partial charge on any atom is 0.220 e. The highest BCUT2D eigenvalue weighted by Gasteiger charge is 2.22. The molecule has 4 heteroatoms. The first-order valence-electron chi connectivity index (χ1n) is 9.83. The van der Waals surface area contributed by atoms with Gasteiger partial charge in [-0.05, 0) is 24.0 Å². The lowest BCUT2D eigenvalue weighted by atomic mass is 9.98. The Bertz CT molecular complexity index is 773. The molecule has 1 atom stereocenters. The van der Waals surface area contributed by atoms with E-state index in [2.05, 4.69) is 41.4 Å². The zero-order valence-corrected chi connectivity index (χ0v) is 16.0. The molecule has 2 aromatic carbocycles. The fourth-order valence-electron chi connectivity index (χ4n) is 3.68. The van der Waals surface area contributed by atoms with Gasteiger partial charge in [-0.3, -0.25) is 14.5 Å². The number of hydrogen-bond donors (Lipinski definition) is 1. The van der Waals surface area contributed by atoms with Crippen LogP contribution < -0.4 is 5.32 Å². The summed E-state index contributed by atoms with van der Waals surface area (Å²) >= 11 is 0. The van der Waals surface area contributed by atoms with E-state index in [9.17, 15) is 9.59 Å². The first-order chi connectivity index (χ1) is 13.2. The lowest BCUT2D eigenvalue weighted by Crippen LogP contribution is -2.45. The van der Waals surface area contributed by atoms with Crippen molar-refractivity contribution in [2.75, 3.05) is 13.1 Å². The molecule has 0 spiro atoms. The van der Waals surface area contributed by atoms with Gasteiger partial charge in [0.1, 0.15) is 0 Å². The molecule has 1 aliphatic heterocycles. The first-order valence-corrected chi connectivity index (χ1v) is 9.83. The minimum Gasteiger partial charge on any atom is -0.355 e. The number of hydrogen-bond acceptors (Lipinski definition) is 3. The number of nitrogens with one attached hydrogen (secondary N) is 1. The molecule has 1 N–H and O–H groups in total. The summed E-state index contributed by atoms with van der Waals surface area (Å²) in [6.07, 6.45) is 2.55. The number of Topliss-reactive ketones (excluding diaryl/α,β-unsaturated/α-hetero) is 1. The van der Waals surface area contributed by atoms with Gasteiger partial charge in [-0.25, -0.2) is 0 Å². The maximum atomic E-state index is 12.2. The molecule has 0 aliphatic carbocycles. The fraction of sp³-hybridized carbons (Fsp3) is 0.391. The van der Waals surface area contributed by atoms with Gasteiger partial charge in [0.15, 0.2) is 5.78 Å². The zero-order chi connectivity index (χ0) is 19.1. The van der Waals surface area contributed by atoms with Crippen LogP contribution in [0.5, 0.6) is 0 Å². The number of nitrogens with zero attached hydrogens (tertiary/aromatic N) is 1. The summed E-state index contributed by atoms with van der Waals surface area (Å²) in [5.74, 6) is -0.0273. The number of benzene rings is 2. The average Bonchev–Trinajstić information content (AvgIpc) is 2.73. The van der Waals surface area contributed by atoms with Crippen molar-refractivity contribution < 1.29 is 9.59 Å². The summed E-state index contributed by atoms with van der Waals surface area (Å²) < 4.78 is 0. The predicted octanol–water partition coefficient (Wildman–Crippen LogP) is 3.60. The van der Waals surface area contributed by atoms with E-state index in [0.717, 1.165) is 25.9 Å². The standard InChI is InChI=1S/C23H28N2O2/c1-2-21(25-15-14-18-8-6-7-11-20(18)17-25)16-24-23(27)13-12-22(26)19-9-4-3-5-10-19/h3-11,21H,2,12-17H2,1H3,(H,24,27)/t21-/m1/s1. The molecule has 0 bridgehead atoms. The third kappa shape index (κ3) is 5.27. The van der Waals surface area contributed by atoms with E-state index in [1.165, 1.54) is 11.1 Å². The van der Waals surface area contributed by atoms with Crippen molar-refractivity contribution >= 4 is 11.7 Å². The van der Waals surface area contributed by atoms with Crippen LogP contribution in [0.1, 0.15) is 47.7 Å². The van der Waals surface area contributed by atoms with Gasteiger partial charge in [0.05, 0.1) is 0 Å². The first kappa shape index (κ1) is 19.3. The molecule has 27 heavy (non-hydrogen) atoms. The summed E-state index contributed by atoms with van der Waals surface area (Å²) in [5, 5.41) is 3.03. The van der Waals surface area contributed by atoms with E-state index in [-0.39, 0.29) is 24.5 Å². The normalized spacial score (nSPS) is 15.0. The van der Waals surface area contributed by atoms with E-state index in [0.29, 0.717) is 18.2 Å². The third-order valence-electron chi connectivity index (χ3n) is 5.36. The summed E-state index contributed by atoms with van der Waals surface area (Å²) in [5.41, 5.74) is 3.50. The Morgan fingerprint density at radius 1 is 1.00 bits per heavy atom. The van der Waals surface area contributed by atoms with Gasteiger partial charge in [0.2, 0.25) is 5.91 Å². The van der Waals surface area contributed by atoms with Crippen LogP contribution >= 0.6 is 0 Å². The van der Waals surface area contributed by atoms with Crippen molar-refractivity contribution in [3.8, 4) is 0 Å². The molecule has 0 radical (unpaired) electrons. The Hall–Kier alpha value is -2.46. The van der Waals surface area contributed by atoms with E-state index < -0.39 is 0 Å². The fourth-order valence-corrected chi connectivity index (χ4v) is 3.68. The van der Waals surface area contributed by atoms with Gasteiger partial charge in [0.25, 0.3) is 0 Å². The highest BCUT2D eigenvalue weighted by atomic mass is 16.2. The van der Waals surface area contributed by atoms with Crippen molar-refractivity contribution in [3.05, 3.63) is 71.3 Å². The van der Waals surface area contributed by atoms with Crippen LogP contribution in [-0.2, 0) is 17.8 Å². The van der Waals surface area contributed by atoms with Crippen LogP contribution in [-0.4, -0.2) is 35.7 Å². The second-order valence-corrected chi connectivity index (χ2v) is 7.14. The number of fused-ring (bicyclic) bond motifs is 1. The molecule has 0 aromatic heterocycles. The summed E-state index contributed by atoms with van der Waals surface area (Å²) in [4.78, 5) is 26.8. The molecule has 1 aliphatic rings. The number of carbonyl (C=O) groups excluding carboxylic acids is 2. The van der Waals surface area contributed by atoms with Gasteiger partial charge < -0.3 is 5.32 Å². The molecule has 4 nitrogen and oxygen atoms in total. The quantitative estimate of drug-likeness (QED) is 0.728. The summed E-state index contributed by atoms with van der Waals surface area (Å²) in [6.45, 7) is 4.77. The minimum atomic E-state index is -0.0462. The molecule has 1 heterocycles. The van der Waals surface area contributed by atoms with Crippen LogP contribution in [0.3, 0.4) is 0 Å². The molecule has 2 aromatic rings. The molecular weight excluding hydrogens is 336 g/mol. The van der Waals surface area contributed by atoms with Gasteiger partial charge in [0, 0.05) is 44.1 Å². The number of amides is 1. The molecule has 0 fully saturated rings. The van der Waals surface area contributed by atoms with E-state index in [4.69, 9.17) is 0 Å². The van der Waals surface area contributed by atoms with E-state index >= 15 is 0 Å². The van der Waals surface area contributed by atoms with Gasteiger partial charge in [-0.15, -0.1) is 0 Å². The Kier molecular flexibility index (Phi) is 6.77. The van der Waals surface area contributed by atoms with Crippen LogP contribution in [0.4, 0.5) is 0 Å². The largest absolute Gasteiger partial charge is 0.355 e. The van der Waals surface area contributed by atoms with E-state index in [1.807, 2.05) is 18.2 Å². The molecule has 0 saturated carbocycles. The topological polar surface area (TPSA) is 49.4 Å². The monoisotopic (exact) mass is 364 g/mol. The smallest absolute Gasteiger partial charge is 0.220 e. The Morgan fingerprint density at radius 2 is 1.70 bits per heavy atom. The highest BCUT2D eigenvalue weighted by Crippen LogP contribution is 2.21. The lowest BCUT2D eigenvalue weighted by Gasteiger charge is -2.35. The SMILES string of the molecule is CC[C@H](CNC(=O)CCC(=O)c1ccccc1)N1CCc2ccccc2C1. The van der Waals surface area contributed by atoms with Crippen LogP contribution in [0, 0.1) is 0 Å². The lowest BCUT2D eigenvalue weighted by molar-refractivity contribution is -0.121. The van der Waals surface area contributed by atoms with Crippen LogP contribution in [0.15, 0.2) is 54.6 Å². The number of rotatable bonds is 8. The Balaban J connectivity index is 1.45. The molecule has 3 rings (SSSR count). The summed E-state index contributed by atoms with van der Waals surface area (Å²) in [7, 11) is 0. The predicted molar refractivity (Wildman–Crippen MR) is 108 cm³/mol. The van der Waals surface area contributed by atoms with Gasteiger partial charge >= 0.3 is 0 Å². The maximum absolute atomic E-state index is 12.2. The van der Waals surface area contributed by atoms with Crippen LogP contribution in [0.2, 0.25) is 0 Å². The second-order valence-electron chi connectivity index (χ2n) is 7.14. The Morgan fingerprint density at radius 3 is 2.44 bits per heavy atom. The minimum absolute atomic E-state index is 0.0189. The average molecular weight is 364 g/mol. The molecule has 0 saturated heterocycles. The number of carbonyl (C=O) groups is 2. The molecule has 142 valence electrons. The number of ketones is 1. The van der Waals surface area contributed by atoms with Crippen molar-refractivity contribution in [1.29, 1.82) is 0 Å². The zero-order valence-electron chi connectivity index (χ0n) is 16.0. The van der Waals surface area contributed by atoms with Crippen molar-refractivity contribution in [2.45, 2.75) is 45.2 Å².